The third-order valence-electron chi connectivity index (χ3n) is 4.46. The Morgan fingerprint density at radius 3 is 2.92 bits per heavy atom. The minimum absolute atomic E-state index is 0.205. The number of amides is 1. The second-order valence-electron chi connectivity index (χ2n) is 6.25. The topological polar surface area (TPSA) is 174 Å². The van der Waals surface area contributed by atoms with Crippen LogP contribution in [0, 0.1) is 0 Å². The number of carbonyl (C=O) groups excluding carboxylic acids is 1. The van der Waals surface area contributed by atoms with E-state index in [0.717, 1.165) is 6.42 Å². The molecule has 1 amide bonds. The number of hydrogen-bond donors (Lipinski definition) is 5. The molecule has 3 rings (SSSR count). The van der Waals surface area contributed by atoms with Gasteiger partial charge in [-0.15, -0.1) is 0 Å². The zero-order valence-corrected chi connectivity index (χ0v) is 14.3. The molecule has 26 heavy (non-hydrogen) atoms. The minimum atomic E-state index is -1.13. The van der Waals surface area contributed by atoms with Gasteiger partial charge in [0.1, 0.15) is 30.1 Å². The molecule has 0 saturated carbocycles. The first-order valence-electron chi connectivity index (χ1n) is 8.41. The van der Waals surface area contributed by atoms with Crippen molar-refractivity contribution in [3.63, 3.8) is 0 Å². The first kappa shape index (κ1) is 18.5. The summed E-state index contributed by atoms with van der Waals surface area (Å²) in [5.74, 6) is -0.196. The van der Waals surface area contributed by atoms with Crippen LogP contribution in [0.2, 0.25) is 0 Å². The smallest absolute Gasteiger partial charge is 0.237 e. The van der Waals surface area contributed by atoms with Crippen LogP contribution in [0.3, 0.4) is 0 Å². The third-order valence-corrected chi connectivity index (χ3v) is 4.46. The van der Waals surface area contributed by atoms with Gasteiger partial charge in [0.05, 0.1) is 19.0 Å². The van der Waals surface area contributed by atoms with Gasteiger partial charge >= 0.3 is 0 Å². The monoisotopic (exact) mass is 365 g/mol. The van der Waals surface area contributed by atoms with Crippen LogP contribution in [-0.2, 0) is 9.53 Å². The number of fused-ring (bicyclic) bond motifs is 1. The highest BCUT2D eigenvalue weighted by Crippen LogP contribution is 2.32. The van der Waals surface area contributed by atoms with Gasteiger partial charge in [0.2, 0.25) is 5.91 Å². The number of nitrogens with zero attached hydrogens (tertiary/aromatic N) is 4. The van der Waals surface area contributed by atoms with Crippen LogP contribution in [-0.4, -0.2) is 66.5 Å². The fraction of sp³-hybridized carbons (Fsp3) is 0.600. The predicted octanol–water partition coefficient (Wildman–Crippen LogP) is -1.73. The van der Waals surface area contributed by atoms with Gasteiger partial charge in [-0.3, -0.25) is 9.36 Å². The van der Waals surface area contributed by atoms with Crippen molar-refractivity contribution in [3.05, 3.63) is 12.7 Å². The summed E-state index contributed by atoms with van der Waals surface area (Å²) in [5.41, 5.74) is 12.4. The van der Waals surface area contributed by atoms with Crippen LogP contribution < -0.4 is 16.8 Å². The Hall–Kier alpha value is -2.34. The molecule has 1 unspecified atom stereocenters. The first-order chi connectivity index (χ1) is 12.5. The molecule has 7 N–H and O–H groups in total. The van der Waals surface area contributed by atoms with Crippen LogP contribution in [0.4, 0.5) is 5.82 Å². The molecule has 1 saturated heterocycles. The van der Waals surface area contributed by atoms with E-state index < -0.39 is 43.0 Å². The van der Waals surface area contributed by atoms with E-state index in [1.54, 1.807) is 4.57 Å². The summed E-state index contributed by atoms with van der Waals surface area (Å²) in [6, 6.07) is -1.53. The van der Waals surface area contributed by atoms with Crippen molar-refractivity contribution in [1.29, 1.82) is 0 Å². The molecule has 1 fully saturated rings. The van der Waals surface area contributed by atoms with Gasteiger partial charge in [-0.25, -0.2) is 15.0 Å². The number of aliphatic hydroxyl groups excluding tert-OH is 2. The number of imidazole rings is 1. The number of nitrogen functional groups attached to an aromatic ring is 1. The maximum absolute atomic E-state index is 12.3. The Balaban J connectivity index is 1.92. The van der Waals surface area contributed by atoms with Crippen LogP contribution in [0.15, 0.2) is 12.7 Å². The van der Waals surface area contributed by atoms with Crippen molar-refractivity contribution in [1.82, 2.24) is 24.8 Å². The number of aromatic nitrogens is 4. The lowest BCUT2D eigenvalue weighted by Gasteiger charge is -2.24. The van der Waals surface area contributed by atoms with Crippen molar-refractivity contribution < 1.29 is 19.7 Å². The molecular formula is C15H23N7O4. The standard InChI is InChI=1S/C15H23N7O4/c1-2-3-7(16)14(25)21-9-11(24)8(4-23)26-15(9)22-6-20-10-12(17)18-5-19-13(10)22/h5-9,11,15,23-24H,2-4,16H2,1H3,(H,21,25)(H2,17,18,19)/t7?,8-,9-,11-,15-/m1/s1. The molecule has 11 nitrogen and oxygen atoms in total. The molecule has 1 aliphatic rings. The van der Waals surface area contributed by atoms with E-state index in [-0.39, 0.29) is 5.82 Å². The maximum atomic E-state index is 12.3. The Morgan fingerprint density at radius 2 is 2.23 bits per heavy atom. The highest BCUT2D eigenvalue weighted by molar-refractivity contribution is 5.82. The fourth-order valence-electron chi connectivity index (χ4n) is 3.06. The first-order valence-corrected chi connectivity index (χ1v) is 8.41. The number of anilines is 1. The number of ether oxygens (including phenoxy) is 1. The average molecular weight is 365 g/mol. The normalized spacial score (nSPS) is 26.9. The second-order valence-corrected chi connectivity index (χ2v) is 6.25. The number of rotatable bonds is 6. The molecule has 5 atom stereocenters. The van der Waals surface area contributed by atoms with Gasteiger partial charge < -0.3 is 31.7 Å². The summed E-state index contributed by atoms with van der Waals surface area (Å²) in [4.78, 5) is 24.5. The number of nitrogens with two attached hydrogens (primary N) is 2. The third kappa shape index (κ3) is 3.21. The number of carbonyl (C=O) groups is 1. The highest BCUT2D eigenvalue weighted by Gasteiger charge is 2.46. The van der Waals surface area contributed by atoms with Crippen LogP contribution >= 0.6 is 0 Å². The van der Waals surface area contributed by atoms with Gasteiger partial charge in [0.25, 0.3) is 0 Å². The largest absolute Gasteiger partial charge is 0.394 e. The molecule has 3 heterocycles. The number of nitrogens with one attached hydrogen (secondary N) is 1. The second kappa shape index (κ2) is 7.50. The molecule has 11 heteroatoms. The molecule has 0 aromatic carbocycles. The number of aliphatic hydroxyl groups is 2. The van der Waals surface area contributed by atoms with Gasteiger partial charge in [-0.1, -0.05) is 13.3 Å². The van der Waals surface area contributed by atoms with Crippen LogP contribution in [0.25, 0.3) is 11.2 Å². The Bertz CT molecular complexity index is 782. The van der Waals surface area contributed by atoms with Crippen molar-refractivity contribution in [2.24, 2.45) is 5.73 Å². The van der Waals surface area contributed by atoms with E-state index in [9.17, 15) is 15.0 Å². The van der Waals surface area contributed by atoms with E-state index >= 15 is 0 Å². The summed E-state index contributed by atoms with van der Waals surface area (Å²) >= 11 is 0. The zero-order chi connectivity index (χ0) is 18.8. The molecule has 142 valence electrons. The summed E-state index contributed by atoms with van der Waals surface area (Å²) in [5, 5.41) is 22.7. The molecule has 0 bridgehead atoms. The Kier molecular flexibility index (Phi) is 5.32. The Morgan fingerprint density at radius 1 is 1.46 bits per heavy atom. The van der Waals surface area contributed by atoms with Gasteiger partial charge in [-0.2, -0.15) is 0 Å². The van der Waals surface area contributed by atoms with E-state index in [4.69, 9.17) is 16.2 Å². The van der Waals surface area contributed by atoms with Crippen LogP contribution in [0.5, 0.6) is 0 Å². The van der Waals surface area contributed by atoms with Crippen molar-refractivity contribution in [3.8, 4) is 0 Å². The average Bonchev–Trinajstić information content (AvgIpc) is 3.18. The summed E-state index contributed by atoms with van der Waals surface area (Å²) in [6.45, 7) is 1.52. The summed E-state index contributed by atoms with van der Waals surface area (Å²) in [6.07, 6.45) is 1.17. The van der Waals surface area contributed by atoms with E-state index in [1.165, 1.54) is 12.7 Å². The molecule has 2 aromatic heterocycles. The zero-order valence-electron chi connectivity index (χ0n) is 14.3. The minimum Gasteiger partial charge on any atom is -0.394 e. The SMILES string of the molecule is CCCC(N)C(=O)N[C@@H]1[C@H](O)[C@@H](CO)O[C@H]1n1cnc2c(N)ncnc21. The van der Waals surface area contributed by atoms with Gasteiger partial charge in [-0.05, 0) is 6.42 Å². The van der Waals surface area contributed by atoms with E-state index in [2.05, 4.69) is 20.3 Å². The lowest BCUT2D eigenvalue weighted by molar-refractivity contribution is -0.124. The lowest BCUT2D eigenvalue weighted by atomic mass is 10.1. The van der Waals surface area contributed by atoms with Crippen molar-refractivity contribution in [2.75, 3.05) is 12.3 Å². The summed E-state index contributed by atoms with van der Waals surface area (Å²) in [7, 11) is 0. The molecule has 0 aliphatic carbocycles. The quantitative estimate of drug-likeness (QED) is 0.398. The van der Waals surface area contributed by atoms with Crippen molar-refractivity contribution >= 4 is 22.9 Å². The van der Waals surface area contributed by atoms with Crippen LogP contribution in [0.1, 0.15) is 26.0 Å². The van der Waals surface area contributed by atoms with Gasteiger partial charge in [0.15, 0.2) is 17.7 Å². The lowest BCUT2D eigenvalue weighted by Crippen LogP contribution is -2.51. The summed E-state index contributed by atoms with van der Waals surface area (Å²) < 4.78 is 7.28. The molecule has 0 spiro atoms. The fourth-order valence-corrected chi connectivity index (χ4v) is 3.06. The van der Waals surface area contributed by atoms with E-state index in [1.807, 2.05) is 6.92 Å². The van der Waals surface area contributed by atoms with Gasteiger partial charge in [0, 0.05) is 0 Å². The molecule has 1 aliphatic heterocycles. The molecule has 0 radical (unpaired) electrons. The molecular weight excluding hydrogens is 342 g/mol. The highest BCUT2D eigenvalue weighted by atomic mass is 16.5. The van der Waals surface area contributed by atoms with E-state index in [0.29, 0.717) is 17.6 Å². The number of hydrogen-bond acceptors (Lipinski definition) is 9. The predicted molar refractivity (Wildman–Crippen MR) is 91.6 cm³/mol. The van der Waals surface area contributed by atoms with Crippen molar-refractivity contribution in [2.45, 2.75) is 50.3 Å². The Labute approximate surface area is 149 Å². The maximum Gasteiger partial charge on any atom is 0.237 e. The molecule has 2 aromatic rings.